The fourth-order valence-corrected chi connectivity index (χ4v) is 10.9. The molecular formula is C35H55IN7O10P2S+. The molecule has 10 unspecified atom stereocenters. The van der Waals surface area contributed by atoms with Crippen LogP contribution < -0.4 is 14.2 Å². The average Bonchev–Trinajstić information content (AvgIpc) is 3.81. The van der Waals surface area contributed by atoms with Gasteiger partial charge in [0, 0.05) is 23.9 Å². The fourth-order valence-electron chi connectivity index (χ4n) is 7.25. The van der Waals surface area contributed by atoms with Crippen molar-refractivity contribution in [2.24, 2.45) is 11.3 Å². The zero-order valence-electron chi connectivity index (χ0n) is 33.3. The van der Waals surface area contributed by atoms with Gasteiger partial charge >= 0.3 is 14.8 Å². The van der Waals surface area contributed by atoms with E-state index in [0.29, 0.717) is 18.7 Å². The van der Waals surface area contributed by atoms with Gasteiger partial charge in [-0.15, -0.1) is 11.1 Å². The first-order chi connectivity index (χ1) is 26.4. The number of anilines is 1. The predicted octanol–water partition coefficient (Wildman–Crippen LogP) is 5.71. The molecule has 2 saturated heterocycles. The number of carbonyl (C=O) groups is 1. The molecule has 2 aromatic rings. The fraction of sp³-hybridized carbons (Fsp3) is 0.657. The second-order valence-electron chi connectivity index (χ2n) is 14.6. The summed E-state index contributed by atoms with van der Waals surface area (Å²) in [6.45, 7) is 11.7. The summed E-state index contributed by atoms with van der Waals surface area (Å²) in [5.41, 5.74) is 0.272. The molecule has 0 aliphatic carbocycles. The zero-order valence-corrected chi connectivity index (χ0v) is 38.0. The van der Waals surface area contributed by atoms with Crippen molar-refractivity contribution in [2.75, 3.05) is 49.9 Å². The van der Waals surface area contributed by atoms with Gasteiger partial charge in [-0.25, -0.2) is 19.5 Å². The molecule has 21 heteroatoms. The lowest BCUT2D eigenvalue weighted by Crippen LogP contribution is -2.49. The number of aliphatic hydroxyl groups excluding tert-OH is 2. The first kappa shape index (κ1) is 46.7. The van der Waals surface area contributed by atoms with Gasteiger partial charge < -0.3 is 38.4 Å². The maximum Gasteiger partial charge on any atom is 0.505 e. The third-order valence-electron chi connectivity index (χ3n) is 10.2. The van der Waals surface area contributed by atoms with E-state index in [2.05, 4.69) is 42.6 Å². The van der Waals surface area contributed by atoms with Crippen molar-refractivity contribution in [1.29, 1.82) is 0 Å². The number of aromatic nitrogens is 4. The number of allylic oxidation sites excluding steroid dienone is 2. The Kier molecular flexibility index (Phi) is 16.5. The topological polar surface area (TPSA) is 218 Å². The molecule has 0 aromatic carbocycles. The molecule has 0 radical (unpaired) electrons. The Morgan fingerprint density at radius 2 is 2.02 bits per heavy atom. The Balaban J connectivity index is 1.61. The van der Waals surface area contributed by atoms with Gasteiger partial charge in [-0.3, -0.25) is 13.8 Å². The van der Waals surface area contributed by atoms with Gasteiger partial charge in [-0.05, 0) is 74.7 Å². The summed E-state index contributed by atoms with van der Waals surface area (Å²) in [5.74, 6) is 0.508. The third-order valence-corrected chi connectivity index (χ3v) is 14.6. The minimum absolute atomic E-state index is 0.0208. The van der Waals surface area contributed by atoms with Crippen LogP contribution in [0.1, 0.15) is 73.9 Å². The second kappa shape index (κ2) is 19.8. The van der Waals surface area contributed by atoms with Crippen LogP contribution in [-0.2, 0) is 37.9 Å². The van der Waals surface area contributed by atoms with Crippen LogP contribution >= 0.6 is 49.1 Å². The van der Waals surface area contributed by atoms with Crippen LogP contribution in [0.5, 0.6) is 0 Å². The Morgan fingerprint density at radius 1 is 1.30 bits per heavy atom. The van der Waals surface area contributed by atoms with E-state index in [0.717, 1.165) is 34.0 Å². The number of halogens is 1. The number of ether oxygens (including phenoxy) is 2. The lowest BCUT2D eigenvalue weighted by atomic mass is 9.78. The van der Waals surface area contributed by atoms with Crippen LogP contribution in [0, 0.1) is 25.2 Å². The minimum Gasteiger partial charge on any atom is -0.394 e. The summed E-state index contributed by atoms with van der Waals surface area (Å²) < 4.78 is 62.7. The van der Waals surface area contributed by atoms with Crippen LogP contribution in [-0.4, -0.2) is 106 Å². The highest BCUT2D eigenvalue weighted by Crippen LogP contribution is 2.64. The zero-order chi connectivity index (χ0) is 41.6. The predicted molar refractivity (Wildman–Crippen MR) is 223 cm³/mol. The number of imidazole rings is 1. The quantitative estimate of drug-likeness (QED) is 0.0465. The van der Waals surface area contributed by atoms with Gasteiger partial charge in [-0.1, -0.05) is 19.4 Å². The number of nitrogens with zero attached hydrogens (tertiary/aromatic N) is 4. The van der Waals surface area contributed by atoms with Crippen LogP contribution in [0.15, 0.2) is 36.7 Å². The van der Waals surface area contributed by atoms with E-state index >= 15 is 0 Å². The first-order valence-electron chi connectivity index (χ1n) is 18.1. The van der Waals surface area contributed by atoms with E-state index in [4.69, 9.17) is 23.0 Å². The number of rotatable bonds is 20. The van der Waals surface area contributed by atoms with E-state index in [1.54, 1.807) is 39.6 Å². The molecule has 4 heterocycles. The maximum atomic E-state index is 14.7. The molecular weight excluding hydrogens is 899 g/mol. The average molecular weight is 955 g/mol. The standard InChI is InChI=1S/C35H54IN7O10P2S/c1-11-26(37-8)41-33(46)28-23(6)43(19-40-28)35(17-49-25(14-44)30(35)45)53-55(48,56-10)51-16-34(7)15-50-29(31(34)52-54(9)47)21(4)13-24(12-20(2)3)27-22(5)32(42-36)39-18-38-27/h11,18-19,21,24-25,29-31,37,44-45H,2,12-17H2,1,3-10H3,(H-,38,39,41,42,46)/p+1. The number of amides is 1. The summed E-state index contributed by atoms with van der Waals surface area (Å²) >= 11 is 2.85. The largest absolute Gasteiger partial charge is 0.505 e. The van der Waals surface area contributed by atoms with Crippen molar-refractivity contribution in [3.05, 3.63) is 59.3 Å². The Bertz CT molecular complexity index is 1820. The van der Waals surface area contributed by atoms with E-state index in [1.165, 1.54) is 17.6 Å². The second-order valence-corrected chi connectivity index (χ2v) is 20.3. The summed E-state index contributed by atoms with van der Waals surface area (Å²) in [6.07, 6.45) is 3.48. The lowest BCUT2D eigenvalue weighted by molar-refractivity contribution is -0.0987. The van der Waals surface area contributed by atoms with Gasteiger partial charge in [0.2, 0.25) is 5.72 Å². The Morgan fingerprint density at radius 3 is 2.59 bits per heavy atom. The van der Waals surface area contributed by atoms with Crippen LogP contribution in [0.2, 0.25) is 0 Å². The maximum absolute atomic E-state index is 14.7. The molecule has 56 heavy (non-hydrogen) atoms. The summed E-state index contributed by atoms with van der Waals surface area (Å²) in [7, 11) is -0.434. The van der Waals surface area contributed by atoms with Crippen LogP contribution in [0.3, 0.4) is 0 Å². The lowest BCUT2D eigenvalue weighted by Gasteiger charge is -2.37. The molecule has 2 aliphatic heterocycles. The molecule has 1 amide bonds. The van der Waals surface area contributed by atoms with Crippen molar-refractivity contribution < 1.29 is 47.2 Å². The SMILES string of the molecule is C=C(C)CC(CC(C)C1OCC(C)(COP(=O)(OC2(n3cnc(C(=O)NC(=CC)NC)c3C)COC(CO)C2O)SC)C1O[P+](C)=O)c1ncnc(NI)c1C. The van der Waals surface area contributed by atoms with Crippen LogP contribution in [0.4, 0.5) is 5.82 Å². The van der Waals surface area contributed by atoms with Crippen LogP contribution in [0.25, 0.3) is 0 Å². The van der Waals surface area contributed by atoms with Gasteiger partial charge in [0.1, 0.15) is 42.0 Å². The first-order valence-corrected chi connectivity index (χ1v) is 24.1. The molecule has 0 saturated carbocycles. The monoisotopic (exact) mass is 954 g/mol. The molecule has 17 nitrogen and oxygen atoms in total. The minimum atomic E-state index is -4.20. The van der Waals surface area contributed by atoms with E-state index in [1.807, 2.05) is 43.6 Å². The van der Waals surface area contributed by atoms with Crippen molar-refractivity contribution in [3.63, 3.8) is 0 Å². The smallest absolute Gasteiger partial charge is 0.394 e. The normalized spacial score (nSPS) is 27.7. The number of hydrogen-bond donors (Lipinski definition) is 5. The van der Waals surface area contributed by atoms with Crippen molar-refractivity contribution >= 4 is 60.8 Å². The Hall–Kier alpha value is -2.03. The Labute approximate surface area is 347 Å². The highest BCUT2D eigenvalue weighted by Gasteiger charge is 2.58. The highest BCUT2D eigenvalue weighted by molar-refractivity contribution is 14.1. The molecule has 312 valence electrons. The molecule has 2 fully saturated rings. The van der Waals surface area contributed by atoms with E-state index in [-0.39, 0.29) is 43.0 Å². The van der Waals surface area contributed by atoms with Gasteiger partial charge in [0.15, 0.2) is 6.66 Å². The van der Waals surface area contributed by atoms with Gasteiger partial charge in [-0.2, -0.15) is 0 Å². The van der Waals surface area contributed by atoms with E-state index < -0.39 is 62.9 Å². The summed E-state index contributed by atoms with van der Waals surface area (Å²) in [6, 6.07) is 0. The molecule has 10 atom stereocenters. The molecule has 0 bridgehead atoms. The highest BCUT2D eigenvalue weighted by atomic mass is 127. The molecule has 5 N–H and O–H groups in total. The van der Waals surface area contributed by atoms with Crippen molar-refractivity contribution in [3.8, 4) is 0 Å². The number of hydrogen-bond acceptors (Lipinski definition) is 16. The van der Waals surface area contributed by atoms with E-state index in [9.17, 15) is 24.1 Å². The molecule has 4 rings (SSSR count). The third kappa shape index (κ3) is 10.2. The summed E-state index contributed by atoms with van der Waals surface area (Å²) in [5, 5.41) is 27.2. The number of aliphatic hydroxyl groups is 2. The van der Waals surface area contributed by atoms with Crippen molar-refractivity contribution in [1.82, 2.24) is 30.2 Å². The van der Waals surface area contributed by atoms with Crippen molar-refractivity contribution in [2.45, 2.75) is 90.4 Å². The van der Waals surface area contributed by atoms with Gasteiger partial charge in [0.25, 0.3) is 5.91 Å². The number of nitrogens with one attached hydrogen (secondary N) is 3. The molecule has 0 spiro atoms. The molecule has 2 aromatic heterocycles. The molecule has 2 aliphatic rings. The van der Waals surface area contributed by atoms with Gasteiger partial charge in [0.05, 0.1) is 73.1 Å². The summed E-state index contributed by atoms with van der Waals surface area (Å²) in [4.78, 5) is 26.5. The number of carbonyl (C=O) groups excluding carboxylic acids is 1.